The Morgan fingerprint density at radius 1 is 1.32 bits per heavy atom. The molecule has 1 fully saturated rings. The minimum atomic E-state index is 0.0664. The molecule has 0 saturated carbocycles. The molecule has 0 bridgehead atoms. The standard InChI is InChI=1S/C14H20BrN3O/c15-8-2-1-5-14(19)17-12-6-7-13(16-11-12)18-9-3-4-10-18/h6-7,11H,1-5,8-10H2,(H,17,19). The number of unbranched alkanes of at least 4 members (excludes halogenated alkanes) is 1. The van der Waals surface area contributed by atoms with Crippen molar-refractivity contribution >= 4 is 33.3 Å². The van der Waals surface area contributed by atoms with Crippen molar-refractivity contribution in [1.82, 2.24) is 4.98 Å². The van der Waals surface area contributed by atoms with E-state index in [9.17, 15) is 4.79 Å². The van der Waals surface area contributed by atoms with Gasteiger partial charge in [0.25, 0.3) is 0 Å². The zero-order valence-electron chi connectivity index (χ0n) is 11.1. The van der Waals surface area contributed by atoms with Crippen LogP contribution in [-0.4, -0.2) is 29.3 Å². The molecule has 19 heavy (non-hydrogen) atoms. The molecule has 0 aromatic carbocycles. The van der Waals surface area contributed by atoms with Crippen molar-refractivity contribution in [2.24, 2.45) is 0 Å². The van der Waals surface area contributed by atoms with Gasteiger partial charge in [-0.15, -0.1) is 0 Å². The molecule has 1 aromatic heterocycles. The van der Waals surface area contributed by atoms with Crippen LogP contribution in [0.15, 0.2) is 18.3 Å². The predicted molar refractivity (Wildman–Crippen MR) is 82.0 cm³/mol. The maximum absolute atomic E-state index is 11.7. The van der Waals surface area contributed by atoms with Crippen molar-refractivity contribution in [3.8, 4) is 0 Å². The van der Waals surface area contributed by atoms with Gasteiger partial charge in [-0.1, -0.05) is 15.9 Å². The first-order chi connectivity index (χ1) is 9.29. The van der Waals surface area contributed by atoms with Crippen LogP contribution < -0.4 is 10.2 Å². The summed E-state index contributed by atoms with van der Waals surface area (Å²) in [5.74, 6) is 1.08. The molecule has 1 amide bonds. The SMILES string of the molecule is O=C(CCCCBr)Nc1ccc(N2CCCC2)nc1. The first-order valence-electron chi connectivity index (χ1n) is 6.86. The minimum Gasteiger partial charge on any atom is -0.357 e. The van der Waals surface area contributed by atoms with Crippen LogP contribution >= 0.6 is 15.9 Å². The van der Waals surface area contributed by atoms with Gasteiger partial charge in [0.1, 0.15) is 5.82 Å². The van der Waals surface area contributed by atoms with E-state index in [0.29, 0.717) is 6.42 Å². The highest BCUT2D eigenvalue weighted by Gasteiger charge is 2.13. The lowest BCUT2D eigenvalue weighted by molar-refractivity contribution is -0.116. The molecule has 0 unspecified atom stereocenters. The normalized spacial score (nSPS) is 14.7. The number of halogens is 1. The summed E-state index contributed by atoms with van der Waals surface area (Å²) in [4.78, 5) is 18.4. The second-order valence-corrected chi connectivity index (χ2v) is 5.59. The van der Waals surface area contributed by atoms with E-state index in [1.54, 1.807) is 6.20 Å². The number of amides is 1. The molecule has 1 aromatic rings. The van der Waals surface area contributed by atoms with Crippen LogP contribution in [0.3, 0.4) is 0 Å². The summed E-state index contributed by atoms with van der Waals surface area (Å²) >= 11 is 3.36. The Labute approximate surface area is 122 Å². The quantitative estimate of drug-likeness (QED) is 0.645. The second-order valence-electron chi connectivity index (χ2n) is 4.79. The van der Waals surface area contributed by atoms with Crippen LogP contribution in [0.4, 0.5) is 11.5 Å². The van der Waals surface area contributed by atoms with Gasteiger partial charge in [0.15, 0.2) is 0 Å². The molecule has 0 spiro atoms. The Kier molecular flexibility index (Phi) is 5.63. The van der Waals surface area contributed by atoms with E-state index in [0.717, 1.165) is 42.8 Å². The Bertz CT molecular complexity index is 402. The summed E-state index contributed by atoms with van der Waals surface area (Å²) < 4.78 is 0. The lowest BCUT2D eigenvalue weighted by Crippen LogP contribution is -2.19. The van der Waals surface area contributed by atoms with E-state index >= 15 is 0 Å². The summed E-state index contributed by atoms with van der Waals surface area (Å²) in [6, 6.07) is 3.92. The third-order valence-corrected chi connectivity index (χ3v) is 3.81. The van der Waals surface area contributed by atoms with Crippen LogP contribution in [0.25, 0.3) is 0 Å². The highest BCUT2D eigenvalue weighted by atomic mass is 79.9. The summed E-state index contributed by atoms with van der Waals surface area (Å²) in [5.41, 5.74) is 0.784. The molecule has 1 N–H and O–H groups in total. The molecular formula is C14H20BrN3O. The highest BCUT2D eigenvalue weighted by Crippen LogP contribution is 2.19. The molecular weight excluding hydrogens is 306 g/mol. The zero-order valence-corrected chi connectivity index (χ0v) is 12.7. The van der Waals surface area contributed by atoms with Crippen molar-refractivity contribution in [1.29, 1.82) is 0 Å². The summed E-state index contributed by atoms with van der Waals surface area (Å²) in [6.07, 6.45) is 6.74. The smallest absolute Gasteiger partial charge is 0.224 e. The summed E-state index contributed by atoms with van der Waals surface area (Å²) in [7, 11) is 0. The number of hydrogen-bond donors (Lipinski definition) is 1. The van der Waals surface area contributed by atoms with Gasteiger partial charge < -0.3 is 10.2 Å². The van der Waals surface area contributed by atoms with E-state index in [1.807, 2.05) is 12.1 Å². The molecule has 2 rings (SSSR count). The van der Waals surface area contributed by atoms with Crippen molar-refractivity contribution in [2.45, 2.75) is 32.1 Å². The van der Waals surface area contributed by atoms with E-state index in [-0.39, 0.29) is 5.91 Å². The molecule has 1 saturated heterocycles. The third-order valence-electron chi connectivity index (χ3n) is 3.25. The van der Waals surface area contributed by atoms with Gasteiger partial charge in [-0.3, -0.25) is 4.79 Å². The Balaban J connectivity index is 1.82. The van der Waals surface area contributed by atoms with Gasteiger partial charge in [0.05, 0.1) is 11.9 Å². The second kappa shape index (κ2) is 7.48. The lowest BCUT2D eigenvalue weighted by Gasteiger charge is -2.16. The molecule has 1 aliphatic rings. The van der Waals surface area contributed by atoms with Crippen molar-refractivity contribution in [2.75, 3.05) is 28.6 Å². The largest absolute Gasteiger partial charge is 0.357 e. The van der Waals surface area contributed by atoms with Crippen LogP contribution in [-0.2, 0) is 4.79 Å². The maximum atomic E-state index is 11.7. The predicted octanol–water partition coefficient (Wildman–Crippen LogP) is 3.19. The van der Waals surface area contributed by atoms with Gasteiger partial charge in [-0.05, 0) is 37.8 Å². The third kappa shape index (κ3) is 4.49. The molecule has 0 radical (unpaired) electrons. The number of nitrogens with zero attached hydrogens (tertiary/aromatic N) is 2. The lowest BCUT2D eigenvalue weighted by atomic mass is 10.2. The average molecular weight is 326 g/mol. The van der Waals surface area contributed by atoms with Crippen LogP contribution in [0.1, 0.15) is 32.1 Å². The molecule has 0 atom stereocenters. The summed E-state index contributed by atoms with van der Waals surface area (Å²) in [5, 5.41) is 3.83. The van der Waals surface area contributed by atoms with Gasteiger partial charge in [0, 0.05) is 24.8 Å². The van der Waals surface area contributed by atoms with Crippen molar-refractivity contribution < 1.29 is 4.79 Å². The van der Waals surface area contributed by atoms with Gasteiger partial charge >= 0.3 is 0 Å². The maximum Gasteiger partial charge on any atom is 0.224 e. The number of anilines is 2. The Hall–Kier alpha value is -1.10. The number of carbonyl (C=O) groups excluding carboxylic acids is 1. The molecule has 104 valence electrons. The zero-order chi connectivity index (χ0) is 13.5. The Morgan fingerprint density at radius 3 is 2.74 bits per heavy atom. The number of hydrogen-bond acceptors (Lipinski definition) is 3. The molecule has 2 heterocycles. The average Bonchev–Trinajstić information content (AvgIpc) is 2.94. The van der Waals surface area contributed by atoms with Gasteiger partial charge in [-0.25, -0.2) is 4.98 Å². The molecule has 4 nitrogen and oxygen atoms in total. The summed E-state index contributed by atoms with van der Waals surface area (Å²) in [6.45, 7) is 2.18. The van der Waals surface area contributed by atoms with E-state index in [1.165, 1.54) is 12.8 Å². The topological polar surface area (TPSA) is 45.2 Å². The fourth-order valence-corrected chi connectivity index (χ4v) is 2.59. The van der Waals surface area contributed by atoms with Crippen molar-refractivity contribution in [3.05, 3.63) is 18.3 Å². The number of pyridine rings is 1. The van der Waals surface area contributed by atoms with E-state index in [2.05, 4.69) is 31.1 Å². The van der Waals surface area contributed by atoms with Gasteiger partial charge in [0.2, 0.25) is 5.91 Å². The minimum absolute atomic E-state index is 0.0664. The number of nitrogens with one attached hydrogen (secondary N) is 1. The van der Waals surface area contributed by atoms with Crippen LogP contribution in [0.2, 0.25) is 0 Å². The van der Waals surface area contributed by atoms with E-state index in [4.69, 9.17) is 0 Å². The monoisotopic (exact) mass is 325 g/mol. The highest BCUT2D eigenvalue weighted by molar-refractivity contribution is 9.09. The number of carbonyl (C=O) groups is 1. The fourth-order valence-electron chi connectivity index (χ4n) is 2.20. The van der Waals surface area contributed by atoms with Crippen LogP contribution in [0, 0.1) is 0 Å². The number of alkyl halides is 1. The van der Waals surface area contributed by atoms with Crippen molar-refractivity contribution in [3.63, 3.8) is 0 Å². The number of aromatic nitrogens is 1. The Morgan fingerprint density at radius 2 is 2.11 bits per heavy atom. The molecule has 5 heteroatoms. The van der Waals surface area contributed by atoms with Gasteiger partial charge in [-0.2, -0.15) is 0 Å². The van der Waals surface area contributed by atoms with E-state index < -0.39 is 0 Å². The first-order valence-corrected chi connectivity index (χ1v) is 7.98. The molecule has 1 aliphatic heterocycles. The van der Waals surface area contributed by atoms with Crippen LogP contribution in [0.5, 0.6) is 0 Å². The molecule has 0 aliphatic carbocycles. The first kappa shape index (κ1) is 14.3. The fraction of sp³-hybridized carbons (Fsp3) is 0.571. The number of rotatable bonds is 6.